The number of hydrogen-bond donors (Lipinski definition) is 1. The summed E-state index contributed by atoms with van der Waals surface area (Å²) in [5, 5.41) is 7.31. The van der Waals surface area contributed by atoms with Crippen LogP contribution in [0.3, 0.4) is 0 Å². The monoisotopic (exact) mass is 305 g/mol. The van der Waals surface area contributed by atoms with E-state index in [4.69, 9.17) is 9.47 Å². The average molecular weight is 305 g/mol. The number of rotatable bonds is 6. The molecule has 1 unspecified atom stereocenters. The van der Waals surface area contributed by atoms with E-state index in [1.165, 1.54) is 16.8 Å². The molecule has 3 rings (SSSR count). The summed E-state index contributed by atoms with van der Waals surface area (Å²) in [6.07, 6.45) is 1.65. The molecule has 22 heavy (non-hydrogen) atoms. The molecule has 2 heterocycles. The molecular formula is C15H16FN3O3. The lowest BCUT2D eigenvalue weighted by Crippen LogP contribution is -2.14. The van der Waals surface area contributed by atoms with Crippen LogP contribution in [0.25, 0.3) is 5.69 Å². The number of benzene rings is 1. The standard InChI is InChI=1S/C15H16FN3O3/c1-2-21-15(20)9-22-14-3-4-19(18-14)12-6-10(13-8-17-13)5-11(16)7-12/h3-7,13,17H,2,8-9H2,1H3. The minimum absolute atomic E-state index is 0.203. The second-order valence-electron chi connectivity index (χ2n) is 4.90. The van der Waals surface area contributed by atoms with Crippen LogP contribution in [0.15, 0.2) is 30.5 Å². The Balaban J connectivity index is 1.72. The number of ether oxygens (including phenoxy) is 2. The van der Waals surface area contributed by atoms with Crippen molar-refractivity contribution in [3.05, 3.63) is 41.8 Å². The zero-order valence-electron chi connectivity index (χ0n) is 12.1. The predicted molar refractivity (Wildman–Crippen MR) is 76.4 cm³/mol. The molecule has 0 spiro atoms. The predicted octanol–water partition coefficient (Wildman–Crippen LogP) is 1.60. The first-order valence-corrected chi connectivity index (χ1v) is 7.04. The van der Waals surface area contributed by atoms with Gasteiger partial charge in [-0.15, -0.1) is 5.10 Å². The lowest BCUT2D eigenvalue weighted by Gasteiger charge is -2.05. The lowest BCUT2D eigenvalue weighted by atomic mass is 10.1. The SMILES string of the molecule is CCOC(=O)COc1ccn(-c2cc(F)cc(C3CN3)c2)n1. The van der Waals surface area contributed by atoms with Gasteiger partial charge in [0.25, 0.3) is 0 Å². The molecule has 0 saturated carbocycles. The van der Waals surface area contributed by atoms with Crippen LogP contribution in [0.1, 0.15) is 18.5 Å². The fourth-order valence-electron chi connectivity index (χ4n) is 2.09. The normalized spacial score (nSPS) is 16.4. The van der Waals surface area contributed by atoms with Crippen molar-refractivity contribution in [3.63, 3.8) is 0 Å². The van der Waals surface area contributed by atoms with Gasteiger partial charge in [-0.3, -0.25) is 0 Å². The molecule has 1 aromatic carbocycles. The highest BCUT2D eigenvalue weighted by molar-refractivity contribution is 5.70. The molecule has 116 valence electrons. The van der Waals surface area contributed by atoms with Gasteiger partial charge in [-0.1, -0.05) is 0 Å². The molecule has 0 bridgehead atoms. The van der Waals surface area contributed by atoms with Gasteiger partial charge >= 0.3 is 5.97 Å². The highest BCUT2D eigenvalue weighted by atomic mass is 19.1. The summed E-state index contributed by atoms with van der Waals surface area (Å²) in [5.41, 5.74) is 1.49. The molecule has 1 aromatic heterocycles. The summed E-state index contributed by atoms with van der Waals surface area (Å²) in [6.45, 7) is 2.68. The second kappa shape index (κ2) is 6.15. The maximum absolute atomic E-state index is 13.7. The molecule has 0 aliphatic carbocycles. The van der Waals surface area contributed by atoms with E-state index in [1.807, 2.05) is 6.07 Å². The Morgan fingerprint density at radius 2 is 2.32 bits per heavy atom. The smallest absolute Gasteiger partial charge is 0.344 e. The molecule has 7 heteroatoms. The van der Waals surface area contributed by atoms with Crippen LogP contribution in [-0.4, -0.2) is 35.5 Å². The van der Waals surface area contributed by atoms with E-state index in [0.717, 1.165) is 12.1 Å². The molecule has 1 atom stereocenters. The Morgan fingerprint density at radius 1 is 1.50 bits per heavy atom. The topological polar surface area (TPSA) is 75.3 Å². The van der Waals surface area contributed by atoms with Crippen molar-refractivity contribution >= 4 is 5.97 Å². The maximum atomic E-state index is 13.7. The number of carbonyl (C=O) groups excluding carboxylic acids is 1. The fraction of sp³-hybridized carbons (Fsp3) is 0.333. The quantitative estimate of drug-likeness (QED) is 0.648. The molecule has 1 aliphatic rings. The molecule has 1 saturated heterocycles. The number of nitrogens with one attached hydrogen (secondary N) is 1. The van der Waals surface area contributed by atoms with Crippen molar-refractivity contribution in [2.45, 2.75) is 13.0 Å². The third-order valence-corrected chi connectivity index (χ3v) is 3.19. The number of aromatic nitrogens is 2. The van der Waals surface area contributed by atoms with Crippen molar-refractivity contribution in [3.8, 4) is 11.6 Å². The van der Waals surface area contributed by atoms with Crippen LogP contribution in [0.2, 0.25) is 0 Å². The summed E-state index contributed by atoms with van der Waals surface area (Å²) in [6, 6.07) is 6.60. The number of carbonyl (C=O) groups is 1. The van der Waals surface area contributed by atoms with Gasteiger partial charge in [0.05, 0.1) is 12.3 Å². The Kier molecular flexibility index (Phi) is 4.06. The van der Waals surface area contributed by atoms with Crippen LogP contribution >= 0.6 is 0 Å². The first-order chi connectivity index (χ1) is 10.7. The molecule has 1 N–H and O–H groups in total. The van der Waals surface area contributed by atoms with Crippen LogP contribution in [0.5, 0.6) is 5.88 Å². The van der Waals surface area contributed by atoms with Crippen molar-refractivity contribution in [2.24, 2.45) is 0 Å². The van der Waals surface area contributed by atoms with Gasteiger partial charge < -0.3 is 14.8 Å². The minimum atomic E-state index is -0.454. The van der Waals surface area contributed by atoms with Crippen LogP contribution < -0.4 is 10.1 Å². The Bertz CT molecular complexity index is 682. The van der Waals surface area contributed by atoms with Crippen molar-refractivity contribution in [1.82, 2.24) is 15.1 Å². The van der Waals surface area contributed by atoms with Crippen molar-refractivity contribution in [1.29, 1.82) is 0 Å². The van der Waals surface area contributed by atoms with E-state index in [1.54, 1.807) is 19.2 Å². The van der Waals surface area contributed by atoms with Gasteiger partial charge in [0, 0.05) is 24.8 Å². The van der Waals surface area contributed by atoms with Gasteiger partial charge in [-0.05, 0) is 30.7 Å². The molecule has 1 aliphatic heterocycles. The Labute approximate surface area is 126 Å². The number of esters is 1. The molecule has 1 fully saturated rings. The first-order valence-electron chi connectivity index (χ1n) is 7.04. The number of hydrogen-bond acceptors (Lipinski definition) is 5. The van der Waals surface area contributed by atoms with Gasteiger partial charge in [0.2, 0.25) is 5.88 Å². The Morgan fingerprint density at radius 3 is 3.05 bits per heavy atom. The van der Waals surface area contributed by atoms with Gasteiger partial charge in [-0.25, -0.2) is 13.9 Å². The molecular weight excluding hydrogens is 289 g/mol. The minimum Gasteiger partial charge on any atom is -0.465 e. The second-order valence-corrected chi connectivity index (χ2v) is 4.90. The molecule has 0 radical (unpaired) electrons. The van der Waals surface area contributed by atoms with E-state index in [0.29, 0.717) is 12.3 Å². The van der Waals surface area contributed by atoms with E-state index in [-0.39, 0.29) is 24.3 Å². The first kappa shape index (κ1) is 14.5. The summed E-state index contributed by atoms with van der Waals surface area (Å²) >= 11 is 0. The third-order valence-electron chi connectivity index (χ3n) is 3.19. The fourth-order valence-corrected chi connectivity index (χ4v) is 2.09. The highest BCUT2D eigenvalue weighted by Crippen LogP contribution is 2.25. The summed E-state index contributed by atoms with van der Waals surface area (Å²) in [5.74, 6) is -0.487. The third kappa shape index (κ3) is 3.43. The van der Waals surface area contributed by atoms with Crippen molar-refractivity contribution in [2.75, 3.05) is 19.8 Å². The lowest BCUT2D eigenvalue weighted by molar-refractivity contribution is -0.145. The largest absolute Gasteiger partial charge is 0.465 e. The van der Waals surface area contributed by atoms with Crippen molar-refractivity contribution < 1.29 is 18.7 Å². The van der Waals surface area contributed by atoms with Gasteiger partial charge in [0.15, 0.2) is 6.61 Å². The summed E-state index contributed by atoms with van der Waals surface area (Å²) < 4.78 is 25.2. The van der Waals surface area contributed by atoms with E-state index in [2.05, 4.69) is 10.4 Å². The summed E-state index contributed by atoms with van der Waals surface area (Å²) in [4.78, 5) is 11.2. The molecule has 0 amide bonds. The average Bonchev–Trinajstić information content (AvgIpc) is 3.23. The molecule has 6 nitrogen and oxygen atoms in total. The van der Waals surface area contributed by atoms with Crippen LogP contribution in [0, 0.1) is 5.82 Å². The zero-order chi connectivity index (χ0) is 15.5. The van der Waals surface area contributed by atoms with Crippen LogP contribution in [0.4, 0.5) is 4.39 Å². The van der Waals surface area contributed by atoms with E-state index >= 15 is 0 Å². The van der Waals surface area contributed by atoms with E-state index < -0.39 is 5.97 Å². The number of nitrogens with zero attached hydrogens (tertiary/aromatic N) is 2. The van der Waals surface area contributed by atoms with E-state index in [9.17, 15) is 9.18 Å². The Hall–Kier alpha value is -2.41. The summed E-state index contributed by atoms with van der Waals surface area (Å²) in [7, 11) is 0. The molecule has 2 aromatic rings. The maximum Gasteiger partial charge on any atom is 0.344 e. The highest BCUT2D eigenvalue weighted by Gasteiger charge is 2.23. The van der Waals surface area contributed by atoms with Crippen LogP contribution in [-0.2, 0) is 9.53 Å². The van der Waals surface area contributed by atoms with Gasteiger partial charge in [-0.2, -0.15) is 0 Å². The number of halogens is 1. The van der Waals surface area contributed by atoms with Gasteiger partial charge in [0.1, 0.15) is 5.82 Å². The zero-order valence-corrected chi connectivity index (χ0v) is 12.1.